The molecular formula is C54H37N3. The van der Waals surface area contributed by atoms with E-state index in [1.54, 1.807) is 0 Å². The Hall–Kier alpha value is -7.36. The molecule has 268 valence electrons. The zero-order valence-electron chi connectivity index (χ0n) is 31.3. The molecule has 1 aliphatic carbocycles. The number of hydrogen-bond donors (Lipinski definition) is 0. The molecule has 2 heterocycles. The molecule has 0 bridgehead atoms. The lowest BCUT2D eigenvalue weighted by molar-refractivity contribution is 0.745. The smallest absolute Gasteiger partial charge is 0.162 e. The van der Waals surface area contributed by atoms with Crippen LogP contribution in [0.25, 0.3) is 61.4 Å². The van der Waals surface area contributed by atoms with Crippen LogP contribution < -0.4 is 0 Å². The van der Waals surface area contributed by atoms with E-state index in [0.717, 1.165) is 45.7 Å². The summed E-state index contributed by atoms with van der Waals surface area (Å²) in [7, 11) is 0. The highest BCUT2D eigenvalue weighted by Crippen LogP contribution is 2.46. The first kappa shape index (κ1) is 33.0. The van der Waals surface area contributed by atoms with E-state index in [4.69, 9.17) is 9.97 Å². The standard InChI is InChI=1S/C54H37N3/c1-4-19-41(20-5-1)54(42-21-6-2-7-22-42,43-23-8-3-9-24-43)44-25-16-18-40(34-44)53-55-49(39-32-31-38-33-37-17-10-11-26-45(37)48(38)35-39)36-52(56-53)57-50-29-14-12-27-46(50)47-28-13-15-30-51(47)57/h1-32,34-36H,33H2. The Morgan fingerprint density at radius 3 is 1.58 bits per heavy atom. The third-order valence-electron chi connectivity index (χ3n) is 11.8. The van der Waals surface area contributed by atoms with Gasteiger partial charge < -0.3 is 0 Å². The monoisotopic (exact) mass is 727 g/mol. The molecule has 0 N–H and O–H groups in total. The Bertz CT molecular complexity index is 2940. The number of aromatic nitrogens is 3. The summed E-state index contributed by atoms with van der Waals surface area (Å²) in [5.74, 6) is 1.51. The molecule has 57 heavy (non-hydrogen) atoms. The van der Waals surface area contributed by atoms with Gasteiger partial charge in [-0.1, -0.05) is 182 Å². The maximum Gasteiger partial charge on any atom is 0.162 e. The summed E-state index contributed by atoms with van der Waals surface area (Å²) in [6, 6.07) is 76.4. The van der Waals surface area contributed by atoms with E-state index in [1.165, 1.54) is 49.7 Å². The molecule has 0 atom stereocenters. The van der Waals surface area contributed by atoms with E-state index in [9.17, 15) is 0 Å². The molecule has 0 radical (unpaired) electrons. The average Bonchev–Trinajstić information content (AvgIpc) is 3.83. The molecule has 0 saturated carbocycles. The van der Waals surface area contributed by atoms with Gasteiger partial charge in [0.25, 0.3) is 0 Å². The van der Waals surface area contributed by atoms with Crippen molar-refractivity contribution in [2.24, 2.45) is 0 Å². The second kappa shape index (κ2) is 13.4. The van der Waals surface area contributed by atoms with Gasteiger partial charge in [-0.05, 0) is 75.2 Å². The third-order valence-corrected chi connectivity index (χ3v) is 11.8. The van der Waals surface area contributed by atoms with Crippen LogP contribution in [0, 0.1) is 0 Å². The Kier molecular flexibility index (Phi) is 7.78. The van der Waals surface area contributed by atoms with Gasteiger partial charge in [-0.2, -0.15) is 0 Å². The van der Waals surface area contributed by atoms with Crippen molar-refractivity contribution in [2.45, 2.75) is 11.8 Å². The molecule has 10 aromatic rings. The summed E-state index contributed by atoms with van der Waals surface area (Å²) >= 11 is 0. The van der Waals surface area contributed by atoms with Crippen LogP contribution in [0.2, 0.25) is 0 Å². The Balaban J connectivity index is 1.17. The van der Waals surface area contributed by atoms with Gasteiger partial charge in [0, 0.05) is 28.0 Å². The van der Waals surface area contributed by atoms with Crippen LogP contribution in [0.4, 0.5) is 0 Å². The van der Waals surface area contributed by atoms with Crippen LogP contribution in [0.15, 0.2) is 212 Å². The number of nitrogens with zero attached hydrogens (tertiary/aromatic N) is 3. The summed E-state index contributed by atoms with van der Waals surface area (Å²) < 4.78 is 2.30. The Labute approximate surface area is 332 Å². The van der Waals surface area contributed by atoms with Crippen molar-refractivity contribution in [1.82, 2.24) is 14.5 Å². The Morgan fingerprint density at radius 1 is 0.386 bits per heavy atom. The highest BCUT2D eigenvalue weighted by Gasteiger charge is 2.38. The minimum atomic E-state index is -0.597. The van der Waals surface area contributed by atoms with Crippen LogP contribution >= 0.6 is 0 Å². The van der Waals surface area contributed by atoms with E-state index in [0.29, 0.717) is 5.82 Å². The van der Waals surface area contributed by atoms with Crippen LogP contribution in [-0.2, 0) is 11.8 Å². The van der Waals surface area contributed by atoms with E-state index >= 15 is 0 Å². The molecule has 0 unspecified atom stereocenters. The van der Waals surface area contributed by atoms with E-state index in [-0.39, 0.29) is 0 Å². The van der Waals surface area contributed by atoms with Crippen molar-refractivity contribution >= 4 is 21.8 Å². The molecule has 2 aromatic heterocycles. The predicted molar refractivity (Wildman–Crippen MR) is 234 cm³/mol. The number of fused-ring (bicyclic) bond motifs is 6. The lowest BCUT2D eigenvalue weighted by Gasteiger charge is -2.37. The first-order valence-corrected chi connectivity index (χ1v) is 19.6. The number of hydrogen-bond acceptors (Lipinski definition) is 2. The molecule has 0 aliphatic heterocycles. The van der Waals surface area contributed by atoms with Gasteiger partial charge in [0.1, 0.15) is 5.82 Å². The lowest BCUT2D eigenvalue weighted by Crippen LogP contribution is -2.31. The summed E-state index contributed by atoms with van der Waals surface area (Å²) in [4.78, 5) is 10.9. The topological polar surface area (TPSA) is 30.7 Å². The maximum absolute atomic E-state index is 5.47. The van der Waals surface area contributed by atoms with Crippen molar-refractivity contribution in [3.05, 3.63) is 246 Å². The molecule has 3 heteroatoms. The summed E-state index contributed by atoms with van der Waals surface area (Å²) in [6.07, 6.45) is 0.951. The number of benzene rings is 8. The fraction of sp³-hybridized carbons (Fsp3) is 0.0370. The molecule has 0 amide bonds. The predicted octanol–water partition coefficient (Wildman–Crippen LogP) is 12.9. The van der Waals surface area contributed by atoms with E-state index in [1.807, 2.05) is 0 Å². The number of para-hydroxylation sites is 2. The molecule has 0 saturated heterocycles. The Morgan fingerprint density at radius 2 is 0.930 bits per heavy atom. The van der Waals surface area contributed by atoms with Crippen LogP contribution in [0.1, 0.15) is 33.4 Å². The van der Waals surface area contributed by atoms with Crippen LogP contribution in [0.3, 0.4) is 0 Å². The average molecular weight is 728 g/mol. The van der Waals surface area contributed by atoms with Gasteiger partial charge in [0.2, 0.25) is 0 Å². The van der Waals surface area contributed by atoms with Crippen molar-refractivity contribution < 1.29 is 0 Å². The quantitative estimate of drug-likeness (QED) is 0.153. The maximum atomic E-state index is 5.47. The van der Waals surface area contributed by atoms with E-state index in [2.05, 4.69) is 217 Å². The van der Waals surface area contributed by atoms with E-state index < -0.39 is 5.41 Å². The molecular weight excluding hydrogens is 691 g/mol. The summed E-state index contributed by atoms with van der Waals surface area (Å²) in [6.45, 7) is 0. The van der Waals surface area contributed by atoms with Gasteiger partial charge in [-0.15, -0.1) is 0 Å². The molecule has 0 spiro atoms. The SMILES string of the molecule is c1ccc(C(c2ccccc2)(c2ccccc2)c2cccc(-c3nc(-c4ccc5c(c4)-c4ccccc4C5)cc(-n4c5ccccc5c5ccccc54)n3)c2)cc1. The minimum absolute atomic E-state index is 0.597. The molecule has 11 rings (SSSR count). The molecule has 3 nitrogen and oxygen atoms in total. The van der Waals surface area contributed by atoms with Crippen LogP contribution in [0.5, 0.6) is 0 Å². The first-order chi connectivity index (χ1) is 28.3. The zero-order valence-corrected chi connectivity index (χ0v) is 31.3. The van der Waals surface area contributed by atoms with Gasteiger partial charge in [0.05, 0.1) is 22.1 Å². The van der Waals surface area contributed by atoms with Gasteiger partial charge in [-0.3, -0.25) is 4.57 Å². The van der Waals surface area contributed by atoms with Crippen molar-refractivity contribution in [2.75, 3.05) is 0 Å². The van der Waals surface area contributed by atoms with Crippen molar-refractivity contribution in [3.63, 3.8) is 0 Å². The molecule has 8 aromatic carbocycles. The summed E-state index contributed by atoms with van der Waals surface area (Å²) in [5, 5.41) is 2.40. The highest BCUT2D eigenvalue weighted by atomic mass is 15.1. The van der Waals surface area contributed by atoms with Crippen molar-refractivity contribution in [1.29, 1.82) is 0 Å². The molecule has 0 fully saturated rings. The third kappa shape index (κ3) is 5.35. The fourth-order valence-corrected chi connectivity index (χ4v) is 9.23. The largest absolute Gasteiger partial charge is 0.294 e. The summed E-state index contributed by atoms with van der Waals surface area (Å²) in [5.41, 5.74) is 14.6. The zero-order chi connectivity index (χ0) is 37.8. The highest BCUT2D eigenvalue weighted by molar-refractivity contribution is 6.09. The van der Waals surface area contributed by atoms with Gasteiger partial charge >= 0.3 is 0 Å². The second-order valence-electron chi connectivity index (χ2n) is 14.9. The molecule has 1 aliphatic rings. The van der Waals surface area contributed by atoms with Crippen molar-refractivity contribution in [3.8, 4) is 39.6 Å². The van der Waals surface area contributed by atoms with Crippen LogP contribution in [-0.4, -0.2) is 14.5 Å². The fourth-order valence-electron chi connectivity index (χ4n) is 9.23. The van der Waals surface area contributed by atoms with Gasteiger partial charge in [0.15, 0.2) is 5.82 Å². The minimum Gasteiger partial charge on any atom is -0.294 e. The van der Waals surface area contributed by atoms with Gasteiger partial charge in [-0.25, -0.2) is 9.97 Å². The number of rotatable bonds is 7. The second-order valence-corrected chi connectivity index (χ2v) is 14.9. The normalized spacial score (nSPS) is 12.1. The lowest BCUT2D eigenvalue weighted by atomic mass is 9.65. The first-order valence-electron chi connectivity index (χ1n) is 19.6.